The Bertz CT molecular complexity index is 1570. The lowest BCUT2D eigenvalue weighted by molar-refractivity contribution is 1.27. The number of benzene rings is 6. The van der Waals surface area contributed by atoms with Crippen LogP contribution >= 0.6 is 0 Å². The summed E-state index contributed by atoms with van der Waals surface area (Å²) < 4.78 is 0. The predicted molar refractivity (Wildman–Crippen MR) is 180 cm³/mol. The third kappa shape index (κ3) is 6.08. The third-order valence-electron chi connectivity index (χ3n) is 7.13. The number of hydrogen-bond acceptors (Lipinski definition) is 2. The lowest BCUT2D eigenvalue weighted by atomic mass is 10.0. The fraction of sp³-hybridized carbons (Fsp3) is 0.0769. The molecule has 0 aliphatic heterocycles. The van der Waals surface area contributed by atoms with Crippen LogP contribution in [0.15, 0.2) is 158 Å². The van der Waals surface area contributed by atoms with Crippen molar-refractivity contribution in [3.05, 3.63) is 169 Å². The first-order valence-corrected chi connectivity index (χ1v) is 13.7. The summed E-state index contributed by atoms with van der Waals surface area (Å²) in [6.45, 7) is 4.27. The van der Waals surface area contributed by atoms with Crippen molar-refractivity contribution in [3.63, 3.8) is 0 Å². The molecule has 0 heterocycles. The quantitative estimate of drug-likeness (QED) is 0.201. The SMILES string of the molecule is C.Cc1cccc(N(c2ccccc2)c2ccc(-c3ccc(N(c4ccccc4)c4cccc(C)c4)cc3)cc2)c1.[HH]. The zero-order valence-electron chi connectivity index (χ0n) is 22.9. The molecule has 6 aromatic carbocycles. The van der Waals surface area contributed by atoms with Crippen molar-refractivity contribution in [3.8, 4) is 11.1 Å². The molecule has 0 N–H and O–H groups in total. The molecule has 2 nitrogen and oxygen atoms in total. The highest BCUT2D eigenvalue weighted by Crippen LogP contribution is 2.38. The molecule has 0 amide bonds. The van der Waals surface area contributed by atoms with E-state index in [1.54, 1.807) is 0 Å². The first-order chi connectivity index (χ1) is 19.7. The molecule has 0 spiro atoms. The fourth-order valence-electron chi connectivity index (χ4n) is 5.19. The molecule has 0 atom stereocenters. The predicted octanol–water partition coefficient (Wildman–Crippen LogP) is 11.8. The molecular weight excluding hydrogens is 496 g/mol. The Morgan fingerprint density at radius 2 is 0.659 bits per heavy atom. The average molecular weight is 535 g/mol. The summed E-state index contributed by atoms with van der Waals surface area (Å²) in [5, 5.41) is 0. The van der Waals surface area contributed by atoms with Crippen LogP contribution in [-0.4, -0.2) is 0 Å². The number of aryl methyl sites for hydroxylation is 2. The Morgan fingerprint density at radius 1 is 0.341 bits per heavy atom. The van der Waals surface area contributed by atoms with Gasteiger partial charge in [0.1, 0.15) is 0 Å². The molecule has 6 rings (SSSR count). The molecule has 0 fully saturated rings. The number of para-hydroxylation sites is 2. The van der Waals surface area contributed by atoms with E-state index in [-0.39, 0.29) is 8.85 Å². The summed E-state index contributed by atoms with van der Waals surface area (Å²) in [6.07, 6.45) is 0. The van der Waals surface area contributed by atoms with E-state index in [0.717, 1.165) is 34.1 Å². The Kier molecular flexibility index (Phi) is 8.31. The maximum Gasteiger partial charge on any atom is 0.0464 e. The van der Waals surface area contributed by atoms with Crippen LogP contribution < -0.4 is 9.80 Å². The third-order valence-corrected chi connectivity index (χ3v) is 7.13. The smallest absolute Gasteiger partial charge is 0.0464 e. The van der Waals surface area contributed by atoms with E-state index in [0.29, 0.717) is 0 Å². The van der Waals surface area contributed by atoms with Crippen LogP contribution in [0.1, 0.15) is 20.0 Å². The summed E-state index contributed by atoms with van der Waals surface area (Å²) >= 11 is 0. The van der Waals surface area contributed by atoms with Gasteiger partial charge in [-0.25, -0.2) is 0 Å². The van der Waals surface area contributed by atoms with Gasteiger partial charge in [0.15, 0.2) is 0 Å². The Hall–Kier alpha value is -5.08. The number of rotatable bonds is 7. The maximum atomic E-state index is 2.31. The molecule has 0 unspecified atom stereocenters. The lowest BCUT2D eigenvalue weighted by Gasteiger charge is -2.26. The van der Waals surface area contributed by atoms with E-state index in [1.807, 2.05) is 0 Å². The molecule has 0 aromatic heterocycles. The average Bonchev–Trinajstić information content (AvgIpc) is 3.00. The topological polar surface area (TPSA) is 6.48 Å². The Labute approximate surface area is 246 Å². The second kappa shape index (κ2) is 12.4. The van der Waals surface area contributed by atoms with Gasteiger partial charge in [-0.15, -0.1) is 0 Å². The van der Waals surface area contributed by atoms with Gasteiger partial charge in [0.25, 0.3) is 0 Å². The van der Waals surface area contributed by atoms with Gasteiger partial charge in [-0.1, -0.05) is 92.4 Å². The van der Waals surface area contributed by atoms with Gasteiger partial charge in [0.2, 0.25) is 0 Å². The van der Waals surface area contributed by atoms with Crippen molar-refractivity contribution < 1.29 is 1.43 Å². The number of anilines is 6. The van der Waals surface area contributed by atoms with Crippen molar-refractivity contribution in [2.24, 2.45) is 0 Å². The molecule has 0 saturated carbocycles. The van der Waals surface area contributed by atoms with E-state index in [2.05, 4.69) is 181 Å². The number of hydrogen-bond donors (Lipinski definition) is 0. The minimum atomic E-state index is 0. The first kappa shape index (κ1) is 27.5. The van der Waals surface area contributed by atoms with Crippen molar-refractivity contribution in [2.75, 3.05) is 9.80 Å². The maximum absolute atomic E-state index is 2.31. The van der Waals surface area contributed by atoms with Crippen LogP contribution in [0.2, 0.25) is 0 Å². The first-order valence-electron chi connectivity index (χ1n) is 13.7. The van der Waals surface area contributed by atoms with Gasteiger partial charge in [-0.05, 0) is 109 Å². The molecule has 6 aromatic rings. The van der Waals surface area contributed by atoms with Crippen molar-refractivity contribution >= 4 is 34.1 Å². The highest BCUT2D eigenvalue weighted by Gasteiger charge is 2.14. The van der Waals surface area contributed by atoms with E-state index in [1.165, 1.54) is 22.3 Å². The Morgan fingerprint density at radius 3 is 1.00 bits per heavy atom. The summed E-state index contributed by atoms with van der Waals surface area (Å²) in [5.74, 6) is 0. The van der Waals surface area contributed by atoms with Crippen molar-refractivity contribution in [2.45, 2.75) is 21.3 Å². The standard InChI is InChI=1S/C38H32N2.CH4.H2/c1-29-11-9-17-37(27-29)39(33-13-5-3-6-14-33)35-23-19-31(20-24-35)32-21-25-36(26-22-32)40(34-15-7-4-8-16-34)38-18-10-12-30(2)28-38;;/h3-28H,1-2H3;1H4;1H. The monoisotopic (exact) mass is 534 g/mol. The second-order valence-electron chi connectivity index (χ2n) is 10.1. The zero-order valence-corrected chi connectivity index (χ0v) is 22.9. The molecule has 204 valence electrons. The molecule has 0 aliphatic carbocycles. The fourth-order valence-corrected chi connectivity index (χ4v) is 5.19. The zero-order chi connectivity index (χ0) is 27.3. The van der Waals surface area contributed by atoms with Crippen LogP contribution in [0.3, 0.4) is 0 Å². The lowest BCUT2D eigenvalue weighted by Crippen LogP contribution is -2.10. The Balaban J connectivity index is 0.00000202. The van der Waals surface area contributed by atoms with Crippen LogP contribution in [0.4, 0.5) is 34.1 Å². The normalized spacial score (nSPS) is 10.5. The second-order valence-corrected chi connectivity index (χ2v) is 10.1. The van der Waals surface area contributed by atoms with Crippen LogP contribution in [0.25, 0.3) is 11.1 Å². The molecule has 41 heavy (non-hydrogen) atoms. The van der Waals surface area contributed by atoms with Gasteiger partial charge < -0.3 is 9.80 Å². The molecule has 0 aliphatic rings. The van der Waals surface area contributed by atoms with Gasteiger partial charge in [0, 0.05) is 35.6 Å². The summed E-state index contributed by atoms with van der Waals surface area (Å²) in [7, 11) is 0. The van der Waals surface area contributed by atoms with Crippen LogP contribution in [-0.2, 0) is 0 Å². The minimum Gasteiger partial charge on any atom is -0.310 e. The highest BCUT2D eigenvalue weighted by molar-refractivity contribution is 5.80. The van der Waals surface area contributed by atoms with Crippen molar-refractivity contribution in [1.82, 2.24) is 0 Å². The minimum absolute atomic E-state index is 0. The summed E-state index contributed by atoms with van der Waals surface area (Å²) in [5.41, 5.74) is 11.7. The summed E-state index contributed by atoms with van der Waals surface area (Å²) in [6, 6.07) is 56.1. The molecule has 0 bridgehead atoms. The largest absolute Gasteiger partial charge is 0.310 e. The van der Waals surface area contributed by atoms with Gasteiger partial charge in [-0.3, -0.25) is 0 Å². The molecular formula is C39H38N2. The molecule has 0 saturated heterocycles. The van der Waals surface area contributed by atoms with E-state index in [4.69, 9.17) is 0 Å². The van der Waals surface area contributed by atoms with Gasteiger partial charge >= 0.3 is 0 Å². The molecule has 0 radical (unpaired) electrons. The van der Waals surface area contributed by atoms with E-state index in [9.17, 15) is 0 Å². The van der Waals surface area contributed by atoms with E-state index >= 15 is 0 Å². The number of nitrogens with zero attached hydrogens (tertiary/aromatic N) is 2. The van der Waals surface area contributed by atoms with E-state index < -0.39 is 0 Å². The molecule has 2 heteroatoms. The highest BCUT2D eigenvalue weighted by atomic mass is 15.1. The van der Waals surface area contributed by atoms with Crippen molar-refractivity contribution in [1.29, 1.82) is 0 Å². The van der Waals surface area contributed by atoms with Crippen LogP contribution in [0.5, 0.6) is 0 Å². The summed E-state index contributed by atoms with van der Waals surface area (Å²) in [4.78, 5) is 4.61. The van der Waals surface area contributed by atoms with Gasteiger partial charge in [-0.2, -0.15) is 0 Å². The van der Waals surface area contributed by atoms with Crippen LogP contribution in [0, 0.1) is 13.8 Å². The van der Waals surface area contributed by atoms with Gasteiger partial charge in [0.05, 0.1) is 0 Å².